The Morgan fingerprint density at radius 1 is 1.12 bits per heavy atom. The van der Waals surface area contributed by atoms with Crippen molar-refractivity contribution in [3.05, 3.63) is 71.3 Å². The number of aliphatic hydroxyl groups excluding tert-OH is 1. The molecule has 1 aliphatic rings. The summed E-state index contributed by atoms with van der Waals surface area (Å²) in [6, 6.07) is 9.20. The molecule has 0 spiro atoms. The summed E-state index contributed by atoms with van der Waals surface area (Å²) in [6.07, 6.45) is -1.33. The van der Waals surface area contributed by atoms with Crippen molar-refractivity contribution in [3.8, 4) is 0 Å². The van der Waals surface area contributed by atoms with E-state index in [9.17, 15) is 28.3 Å². The van der Waals surface area contributed by atoms with Crippen LogP contribution in [-0.2, 0) is 14.4 Å². The van der Waals surface area contributed by atoms with Gasteiger partial charge in [-0.2, -0.15) is 0 Å². The molecule has 9 heteroatoms. The highest BCUT2D eigenvalue weighted by Crippen LogP contribution is 2.32. The van der Waals surface area contributed by atoms with Gasteiger partial charge in [-0.05, 0) is 48.9 Å². The fraction of sp³-hybridized carbons (Fsp3) is 0.375. The van der Waals surface area contributed by atoms with Crippen LogP contribution in [0.15, 0.2) is 48.5 Å². The van der Waals surface area contributed by atoms with Gasteiger partial charge in [0.1, 0.15) is 17.7 Å². The van der Waals surface area contributed by atoms with Crippen LogP contribution in [0.5, 0.6) is 0 Å². The van der Waals surface area contributed by atoms with Crippen LogP contribution >= 0.6 is 0 Å². The first-order valence-electron chi connectivity index (χ1n) is 10.7. The number of likely N-dealkylation sites (tertiary alicyclic amines) is 1. The minimum Gasteiger partial charge on any atom is -0.378 e. The van der Waals surface area contributed by atoms with Crippen molar-refractivity contribution in [1.82, 2.24) is 9.80 Å². The third-order valence-electron chi connectivity index (χ3n) is 5.86. The molecule has 0 aliphatic carbocycles. The Morgan fingerprint density at radius 3 is 2.30 bits per heavy atom. The molecule has 1 fully saturated rings. The normalized spacial score (nSPS) is 20.7. The average Bonchev–Trinajstić information content (AvgIpc) is 2.92. The van der Waals surface area contributed by atoms with Gasteiger partial charge in [-0.15, -0.1) is 0 Å². The standard InChI is InChI=1S/C24H27F2N3O4/c1-14(27)22(31)29(24(33)21(30)17-10-18(25)13-19(26)11-17)20-12-16(8-9-28(2)23(20)32)15-6-4-3-5-7-15/h3-7,10-11,13-14,16,20-21,30H,8-9,12,27H2,1-2H3/t14-,16-,20-,21-/m0/s1. The van der Waals surface area contributed by atoms with E-state index in [4.69, 9.17) is 5.73 Å². The molecule has 1 saturated heterocycles. The smallest absolute Gasteiger partial charge is 0.263 e. The van der Waals surface area contributed by atoms with Crippen LogP contribution < -0.4 is 5.73 Å². The molecule has 0 saturated carbocycles. The zero-order valence-electron chi connectivity index (χ0n) is 18.4. The number of hydrogen-bond donors (Lipinski definition) is 2. The Labute approximate surface area is 190 Å². The molecule has 7 nitrogen and oxygen atoms in total. The molecule has 176 valence electrons. The summed E-state index contributed by atoms with van der Waals surface area (Å²) in [6.45, 7) is 1.76. The average molecular weight is 459 g/mol. The SMILES string of the molecule is C[C@H](N)C(=O)N(C(=O)[C@@H](O)c1cc(F)cc(F)c1)[C@H]1C[C@@H](c2ccccc2)CCN(C)C1=O. The fourth-order valence-electron chi connectivity index (χ4n) is 4.09. The van der Waals surface area contributed by atoms with Gasteiger partial charge in [0.2, 0.25) is 11.8 Å². The Bertz CT molecular complexity index is 1010. The van der Waals surface area contributed by atoms with Crippen LogP contribution in [0.2, 0.25) is 0 Å². The minimum absolute atomic E-state index is 0.127. The molecule has 2 aromatic rings. The second-order valence-electron chi connectivity index (χ2n) is 8.35. The maximum absolute atomic E-state index is 13.7. The van der Waals surface area contributed by atoms with Crippen LogP contribution in [0, 0.1) is 11.6 Å². The van der Waals surface area contributed by atoms with Gasteiger partial charge in [-0.1, -0.05) is 30.3 Å². The van der Waals surface area contributed by atoms with Crippen molar-refractivity contribution in [2.45, 2.75) is 43.9 Å². The monoisotopic (exact) mass is 459 g/mol. The molecule has 0 radical (unpaired) electrons. The molecule has 3 rings (SSSR count). The molecule has 33 heavy (non-hydrogen) atoms. The van der Waals surface area contributed by atoms with Gasteiger partial charge in [0.05, 0.1) is 6.04 Å². The largest absolute Gasteiger partial charge is 0.378 e. The summed E-state index contributed by atoms with van der Waals surface area (Å²) in [5.41, 5.74) is 6.34. The molecule has 2 aromatic carbocycles. The highest BCUT2D eigenvalue weighted by atomic mass is 19.1. The van der Waals surface area contributed by atoms with E-state index in [0.717, 1.165) is 17.7 Å². The lowest BCUT2D eigenvalue weighted by Gasteiger charge is -2.33. The first-order chi connectivity index (χ1) is 15.6. The second-order valence-corrected chi connectivity index (χ2v) is 8.35. The number of imide groups is 1. The zero-order chi connectivity index (χ0) is 24.3. The van der Waals surface area contributed by atoms with Crippen molar-refractivity contribution in [1.29, 1.82) is 0 Å². The maximum atomic E-state index is 13.7. The number of likely N-dealkylation sites (N-methyl/N-ethyl adjacent to an activating group) is 1. The van der Waals surface area contributed by atoms with Crippen LogP contribution in [0.4, 0.5) is 8.78 Å². The molecule has 3 N–H and O–H groups in total. The van der Waals surface area contributed by atoms with Crippen molar-refractivity contribution >= 4 is 17.7 Å². The molecule has 0 aromatic heterocycles. The Balaban J connectivity index is 2.02. The number of nitrogens with two attached hydrogens (primary N) is 1. The van der Waals surface area contributed by atoms with Gasteiger partial charge < -0.3 is 15.7 Å². The Hall–Kier alpha value is -3.17. The predicted molar refractivity (Wildman–Crippen MR) is 117 cm³/mol. The number of carbonyl (C=O) groups is 3. The topological polar surface area (TPSA) is 104 Å². The van der Waals surface area contributed by atoms with Crippen molar-refractivity contribution in [2.24, 2.45) is 5.73 Å². The highest BCUT2D eigenvalue weighted by Gasteiger charge is 2.42. The van der Waals surface area contributed by atoms with E-state index in [2.05, 4.69) is 0 Å². The number of aliphatic hydroxyl groups is 1. The van der Waals surface area contributed by atoms with Crippen LogP contribution in [0.3, 0.4) is 0 Å². The Kier molecular flexibility index (Phi) is 7.55. The van der Waals surface area contributed by atoms with Gasteiger partial charge in [-0.25, -0.2) is 8.78 Å². The van der Waals surface area contributed by atoms with Gasteiger partial charge in [0.25, 0.3) is 5.91 Å². The number of hydrogen-bond acceptors (Lipinski definition) is 5. The molecule has 0 unspecified atom stereocenters. The third-order valence-corrected chi connectivity index (χ3v) is 5.86. The summed E-state index contributed by atoms with van der Waals surface area (Å²) in [4.78, 5) is 41.6. The van der Waals surface area contributed by atoms with Crippen molar-refractivity contribution in [3.63, 3.8) is 0 Å². The molecule has 1 heterocycles. The van der Waals surface area contributed by atoms with E-state index in [1.54, 1.807) is 7.05 Å². The first kappa shape index (κ1) is 24.5. The molecular weight excluding hydrogens is 432 g/mol. The van der Waals surface area contributed by atoms with Crippen LogP contribution in [0.1, 0.15) is 42.9 Å². The predicted octanol–water partition coefficient (Wildman–Crippen LogP) is 2.11. The summed E-state index contributed by atoms with van der Waals surface area (Å²) in [5, 5.41) is 10.6. The van der Waals surface area contributed by atoms with Gasteiger partial charge in [-0.3, -0.25) is 19.3 Å². The van der Waals surface area contributed by atoms with E-state index in [-0.39, 0.29) is 17.9 Å². The van der Waals surface area contributed by atoms with Crippen LogP contribution in [0.25, 0.3) is 0 Å². The zero-order valence-corrected chi connectivity index (χ0v) is 18.4. The lowest BCUT2D eigenvalue weighted by molar-refractivity contribution is -0.159. The summed E-state index contributed by atoms with van der Waals surface area (Å²) in [5.74, 6) is -4.63. The number of carbonyl (C=O) groups excluding carboxylic acids is 3. The summed E-state index contributed by atoms with van der Waals surface area (Å²) in [7, 11) is 1.57. The number of nitrogens with zero attached hydrogens (tertiary/aromatic N) is 2. The molecule has 4 atom stereocenters. The second kappa shape index (κ2) is 10.2. The Morgan fingerprint density at radius 2 is 1.73 bits per heavy atom. The van der Waals surface area contributed by atoms with Gasteiger partial charge in [0.15, 0.2) is 6.10 Å². The lowest BCUT2D eigenvalue weighted by atomic mass is 9.89. The van der Waals surface area contributed by atoms with E-state index < -0.39 is 47.5 Å². The number of amides is 3. The molecular formula is C24H27F2N3O4. The number of rotatable bonds is 5. The van der Waals surface area contributed by atoms with Gasteiger partial charge in [0, 0.05) is 19.7 Å². The maximum Gasteiger partial charge on any atom is 0.263 e. The van der Waals surface area contributed by atoms with E-state index >= 15 is 0 Å². The fourth-order valence-corrected chi connectivity index (χ4v) is 4.09. The third kappa shape index (κ3) is 5.43. The molecule has 3 amide bonds. The first-order valence-corrected chi connectivity index (χ1v) is 10.7. The summed E-state index contributed by atoms with van der Waals surface area (Å²) < 4.78 is 27.4. The van der Waals surface area contributed by atoms with E-state index in [1.807, 2.05) is 30.3 Å². The quantitative estimate of drug-likeness (QED) is 0.713. The number of benzene rings is 2. The lowest BCUT2D eigenvalue weighted by Crippen LogP contribution is -2.57. The van der Waals surface area contributed by atoms with E-state index in [0.29, 0.717) is 23.9 Å². The molecule has 1 aliphatic heterocycles. The van der Waals surface area contributed by atoms with Crippen LogP contribution in [-0.4, -0.2) is 58.3 Å². The van der Waals surface area contributed by atoms with Crippen molar-refractivity contribution in [2.75, 3.05) is 13.6 Å². The highest BCUT2D eigenvalue weighted by molar-refractivity contribution is 6.03. The van der Waals surface area contributed by atoms with Gasteiger partial charge >= 0.3 is 0 Å². The number of halogens is 2. The summed E-state index contributed by atoms with van der Waals surface area (Å²) >= 11 is 0. The van der Waals surface area contributed by atoms with E-state index in [1.165, 1.54) is 11.8 Å². The van der Waals surface area contributed by atoms with Crippen molar-refractivity contribution < 1.29 is 28.3 Å². The molecule has 0 bridgehead atoms. The minimum atomic E-state index is -2.06.